The summed E-state index contributed by atoms with van der Waals surface area (Å²) in [4.78, 5) is 23.2. The number of amides is 3. The van der Waals surface area contributed by atoms with E-state index in [1.807, 2.05) is 61.5 Å². The lowest BCUT2D eigenvalue weighted by Crippen LogP contribution is -2.41. The van der Waals surface area contributed by atoms with Gasteiger partial charge in [0.25, 0.3) is 5.91 Å². The smallest absolute Gasteiger partial charge is 0.321 e. The van der Waals surface area contributed by atoms with Gasteiger partial charge in [-0.15, -0.1) is 0 Å². The summed E-state index contributed by atoms with van der Waals surface area (Å²) in [6.45, 7) is 2.26. The highest BCUT2D eigenvalue weighted by Gasteiger charge is 2.10. The van der Waals surface area contributed by atoms with Crippen molar-refractivity contribution in [1.29, 1.82) is 0 Å². The van der Waals surface area contributed by atoms with Crippen LogP contribution in [-0.2, 0) is 11.2 Å². The highest BCUT2D eigenvalue weighted by molar-refractivity contribution is 5.94. The number of hydrogen-bond donors (Lipinski definition) is 2. The Kier molecular flexibility index (Phi) is 6.83. The van der Waals surface area contributed by atoms with Gasteiger partial charge in [0.15, 0.2) is 6.61 Å². The minimum atomic E-state index is -0.497. The van der Waals surface area contributed by atoms with Gasteiger partial charge in [-0.05, 0) is 23.6 Å². The molecule has 126 valence electrons. The zero-order valence-corrected chi connectivity index (χ0v) is 13.7. The molecule has 0 heterocycles. The fourth-order valence-electron chi connectivity index (χ4n) is 2.20. The molecule has 2 aromatic carbocycles. The Hall–Kier alpha value is -2.82. The summed E-state index contributed by atoms with van der Waals surface area (Å²) < 4.78 is 5.58. The van der Waals surface area contributed by atoms with Crippen molar-refractivity contribution in [1.82, 2.24) is 10.6 Å². The third kappa shape index (κ3) is 5.76. The Morgan fingerprint density at radius 3 is 2.46 bits per heavy atom. The molecule has 2 rings (SSSR count). The van der Waals surface area contributed by atoms with Crippen molar-refractivity contribution in [2.45, 2.75) is 19.8 Å². The maximum absolute atomic E-state index is 11.8. The third-order valence-electron chi connectivity index (χ3n) is 3.36. The van der Waals surface area contributed by atoms with Crippen LogP contribution < -0.4 is 15.4 Å². The second-order valence-corrected chi connectivity index (χ2v) is 5.36. The molecule has 3 amide bonds. The van der Waals surface area contributed by atoms with E-state index in [9.17, 15) is 9.59 Å². The molecule has 0 saturated carbocycles. The minimum Gasteiger partial charge on any atom is -0.483 e. The number of rotatable bonds is 7. The fraction of sp³-hybridized carbons (Fsp3) is 0.263. The lowest BCUT2D eigenvalue weighted by Gasteiger charge is -2.11. The molecule has 0 aliphatic carbocycles. The number of urea groups is 1. The largest absolute Gasteiger partial charge is 0.483 e. The van der Waals surface area contributed by atoms with Gasteiger partial charge in [-0.2, -0.15) is 0 Å². The molecule has 5 nitrogen and oxygen atoms in total. The number of carbonyl (C=O) groups excluding carboxylic acids is 2. The monoisotopic (exact) mass is 326 g/mol. The average Bonchev–Trinajstić information content (AvgIpc) is 2.60. The Labute approximate surface area is 142 Å². The van der Waals surface area contributed by atoms with Crippen LogP contribution in [0.5, 0.6) is 5.75 Å². The summed E-state index contributed by atoms with van der Waals surface area (Å²) in [6.07, 6.45) is 1.53. The van der Waals surface area contributed by atoms with Crippen LogP contribution in [0.15, 0.2) is 54.6 Å². The van der Waals surface area contributed by atoms with Crippen LogP contribution in [0.3, 0.4) is 0 Å². The van der Waals surface area contributed by atoms with Gasteiger partial charge in [0.05, 0.1) is 0 Å². The summed E-state index contributed by atoms with van der Waals surface area (Å²) in [7, 11) is 0. The number of nitrogens with one attached hydrogen (secondary N) is 2. The van der Waals surface area contributed by atoms with Crippen molar-refractivity contribution in [2.24, 2.45) is 0 Å². The van der Waals surface area contributed by atoms with Gasteiger partial charge in [-0.3, -0.25) is 10.1 Å². The molecule has 24 heavy (non-hydrogen) atoms. The Bertz CT molecular complexity index is 671. The molecule has 0 spiro atoms. The van der Waals surface area contributed by atoms with E-state index in [1.54, 1.807) is 0 Å². The molecule has 0 fully saturated rings. The quantitative estimate of drug-likeness (QED) is 0.822. The van der Waals surface area contributed by atoms with E-state index in [0.717, 1.165) is 24.0 Å². The highest BCUT2D eigenvalue weighted by atomic mass is 16.5. The zero-order valence-electron chi connectivity index (χ0n) is 13.7. The first kappa shape index (κ1) is 17.5. The molecule has 0 aliphatic heterocycles. The summed E-state index contributed by atoms with van der Waals surface area (Å²) in [6, 6.07) is 17.1. The van der Waals surface area contributed by atoms with Crippen LogP contribution in [-0.4, -0.2) is 25.1 Å². The average molecular weight is 326 g/mol. The van der Waals surface area contributed by atoms with Crippen molar-refractivity contribution in [3.05, 3.63) is 65.7 Å². The van der Waals surface area contributed by atoms with Crippen LogP contribution >= 0.6 is 0 Å². The number of ether oxygens (including phenoxy) is 1. The van der Waals surface area contributed by atoms with E-state index in [4.69, 9.17) is 4.74 Å². The first-order valence-corrected chi connectivity index (χ1v) is 8.01. The first-order valence-electron chi connectivity index (χ1n) is 8.01. The molecule has 5 heteroatoms. The molecular weight excluding hydrogens is 304 g/mol. The van der Waals surface area contributed by atoms with Gasteiger partial charge in [0.1, 0.15) is 5.75 Å². The van der Waals surface area contributed by atoms with Crippen molar-refractivity contribution in [2.75, 3.05) is 13.2 Å². The molecule has 0 aromatic heterocycles. The maximum Gasteiger partial charge on any atom is 0.321 e. The maximum atomic E-state index is 11.8. The Balaban J connectivity index is 1.91. The number of hydrogen-bond acceptors (Lipinski definition) is 3. The Morgan fingerprint density at radius 1 is 1.00 bits per heavy atom. The number of carbonyl (C=O) groups is 2. The standard InChI is InChI=1S/C19H22N2O3/c1-2-12-20-19(23)21-18(22)14-24-17-11-7-6-10-16(17)13-15-8-4-3-5-9-15/h3-11H,2,12-14H2,1H3,(H2,20,21,22,23). The first-order chi connectivity index (χ1) is 11.7. The van der Waals surface area contributed by atoms with Crippen LogP contribution in [0.25, 0.3) is 0 Å². The molecule has 2 aromatic rings. The van der Waals surface area contributed by atoms with Gasteiger partial charge < -0.3 is 10.1 Å². The topological polar surface area (TPSA) is 67.4 Å². The summed E-state index contributed by atoms with van der Waals surface area (Å²) in [5, 5.41) is 4.82. The molecular formula is C19H22N2O3. The van der Waals surface area contributed by atoms with E-state index in [0.29, 0.717) is 12.3 Å². The number of imide groups is 1. The third-order valence-corrected chi connectivity index (χ3v) is 3.36. The van der Waals surface area contributed by atoms with Crippen molar-refractivity contribution in [3.8, 4) is 5.75 Å². The molecule has 0 radical (unpaired) electrons. The van der Waals surface area contributed by atoms with E-state index in [-0.39, 0.29) is 6.61 Å². The molecule has 0 aliphatic rings. The van der Waals surface area contributed by atoms with Gasteiger partial charge in [-0.1, -0.05) is 55.5 Å². The number of benzene rings is 2. The van der Waals surface area contributed by atoms with E-state index in [1.165, 1.54) is 0 Å². The van der Waals surface area contributed by atoms with Crippen LogP contribution in [0.2, 0.25) is 0 Å². The Morgan fingerprint density at radius 2 is 1.71 bits per heavy atom. The predicted octanol–water partition coefficient (Wildman–Crippen LogP) is 2.89. The molecule has 0 saturated heterocycles. The highest BCUT2D eigenvalue weighted by Crippen LogP contribution is 2.21. The predicted molar refractivity (Wildman–Crippen MR) is 93.0 cm³/mol. The van der Waals surface area contributed by atoms with Crippen LogP contribution in [0.4, 0.5) is 4.79 Å². The van der Waals surface area contributed by atoms with Gasteiger partial charge in [0, 0.05) is 13.0 Å². The SMILES string of the molecule is CCCNC(=O)NC(=O)COc1ccccc1Cc1ccccc1. The van der Waals surface area contributed by atoms with Crippen molar-refractivity contribution >= 4 is 11.9 Å². The normalized spacial score (nSPS) is 10.0. The minimum absolute atomic E-state index is 0.203. The summed E-state index contributed by atoms with van der Waals surface area (Å²) in [5.74, 6) is 0.170. The summed E-state index contributed by atoms with van der Waals surface area (Å²) in [5.41, 5.74) is 2.16. The molecule has 0 unspecified atom stereocenters. The van der Waals surface area contributed by atoms with E-state index in [2.05, 4.69) is 10.6 Å². The van der Waals surface area contributed by atoms with Crippen molar-refractivity contribution in [3.63, 3.8) is 0 Å². The van der Waals surface area contributed by atoms with Gasteiger partial charge >= 0.3 is 6.03 Å². The van der Waals surface area contributed by atoms with Gasteiger partial charge in [-0.25, -0.2) is 4.79 Å². The van der Waals surface area contributed by atoms with Crippen LogP contribution in [0, 0.1) is 0 Å². The van der Waals surface area contributed by atoms with E-state index >= 15 is 0 Å². The fourth-order valence-corrected chi connectivity index (χ4v) is 2.20. The number of para-hydroxylation sites is 1. The molecule has 0 atom stereocenters. The zero-order chi connectivity index (χ0) is 17.2. The van der Waals surface area contributed by atoms with Crippen LogP contribution in [0.1, 0.15) is 24.5 Å². The molecule has 0 bridgehead atoms. The second-order valence-electron chi connectivity index (χ2n) is 5.36. The van der Waals surface area contributed by atoms with Gasteiger partial charge in [0.2, 0.25) is 0 Å². The second kappa shape index (κ2) is 9.35. The summed E-state index contributed by atoms with van der Waals surface area (Å²) >= 11 is 0. The molecule has 2 N–H and O–H groups in total. The van der Waals surface area contributed by atoms with E-state index < -0.39 is 11.9 Å². The van der Waals surface area contributed by atoms with Crippen molar-refractivity contribution < 1.29 is 14.3 Å². The lowest BCUT2D eigenvalue weighted by atomic mass is 10.0. The lowest BCUT2D eigenvalue weighted by molar-refractivity contribution is -0.122.